The van der Waals surface area contributed by atoms with Gasteiger partial charge in [0.2, 0.25) is 5.78 Å². The van der Waals surface area contributed by atoms with Crippen LogP contribution in [0.15, 0.2) is 11.4 Å². The number of carboxylic acid groups (broad SMARTS) is 1. The molecule has 0 unspecified atom stereocenters. The minimum atomic E-state index is -1.61. The lowest BCUT2D eigenvalue weighted by molar-refractivity contribution is -0.148. The molecule has 0 atom stereocenters. The summed E-state index contributed by atoms with van der Waals surface area (Å²) in [6.07, 6.45) is -0.643. The van der Waals surface area contributed by atoms with Crippen molar-refractivity contribution < 1.29 is 19.5 Å². The zero-order valence-electron chi connectivity index (χ0n) is 6.82. The smallest absolute Gasteiger partial charge is 0.372 e. The fourth-order valence-electron chi connectivity index (χ4n) is 0.794. The number of hydrogen-bond acceptors (Lipinski definition) is 4. The summed E-state index contributed by atoms with van der Waals surface area (Å²) < 4.78 is 0. The number of thiophene rings is 1. The quantitative estimate of drug-likeness (QED) is 0.487. The van der Waals surface area contributed by atoms with Crippen LogP contribution < -0.4 is 0 Å². The maximum Gasteiger partial charge on any atom is 0.372 e. The molecule has 0 aromatic carbocycles. The van der Waals surface area contributed by atoms with E-state index in [1.54, 1.807) is 5.38 Å². The molecule has 0 fully saturated rings. The third-order valence-corrected chi connectivity index (χ3v) is 2.81. The largest absolute Gasteiger partial charge is 0.475 e. The number of carboxylic acids is 1. The van der Waals surface area contributed by atoms with Crippen molar-refractivity contribution in [2.24, 2.45) is 0 Å². The molecule has 1 heterocycles. The number of Topliss-reactive ketones (excluding diaryl/α,β-unsaturated/α-hetero) is 2. The summed E-state index contributed by atoms with van der Waals surface area (Å²) in [7, 11) is 0. The van der Waals surface area contributed by atoms with Crippen molar-refractivity contribution in [3.8, 4) is 0 Å². The molecule has 0 spiro atoms. The molecular weight excluding hydrogens is 228 g/mol. The molecule has 0 radical (unpaired) electrons. The fraction of sp³-hybridized carbons (Fsp3) is 0.125. The van der Waals surface area contributed by atoms with E-state index in [1.807, 2.05) is 0 Å². The molecule has 0 saturated heterocycles. The Morgan fingerprint density at radius 1 is 1.43 bits per heavy atom. The molecule has 0 saturated carbocycles. The van der Waals surface area contributed by atoms with Gasteiger partial charge in [0.05, 0.1) is 16.3 Å². The van der Waals surface area contributed by atoms with Gasteiger partial charge in [-0.15, -0.1) is 11.3 Å². The predicted molar refractivity (Wildman–Crippen MR) is 50.9 cm³/mol. The number of aliphatic carboxylic acids is 1. The highest BCUT2D eigenvalue weighted by Crippen LogP contribution is 2.23. The first-order valence-electron chi connectivity index (χ1n) is 3.54. The first kappa shape index (κ1) is 10.9. The van der Waals surface area contributed by atoms with Crippen LogP contribution in [0.3, 0.4) is 0 Å². The summed E-state index contributed by atoms with van der Waals surface area (Å²) in [5.74, 6) is -3.29. The summed E-state index contributed by atoms with van der Waals surface area (Å²) >= 11 is 6.71. The van der Waals surface area contributed by atoms with Crippen LogP contribution in [0.2, 0.25) is 5.02 Å². The standard InChI is InChI=1S/C8H5ClO4S/c9-4-1-2-14-7(4)5(10)3-6(11)8(12)13/h1-2H,3H2,(H,12,13). The SMILES string of the molecule is O=C(O)C(=O)CC(=O)c1sccc1Cl. The minimum Gasteiger partial charge on any atom is -0.475 e. The van der Waals surface area contributed by atoms with Gasteiger partial charge in [-0.2, -0.15) is 0 Å². The van der Waals surface area contributed by atoms with Crippen LogP contribution in [0, 0.1) is 0 Å². The second kappa shape index (κ2) is 4.34. The van der Waals surface area contributed by atoms with E-state index in [4.69, 9.17) is 16.7 Å². The van der Waals surface area contributed by atoms with E-state index >= 15 is 0 Å². The number of ketones is 2. The molecule has 14 heavy (non-hydrogen) atoms. The van der Waals surface area contributed by atoms with E-state index in [1.165, 1.54) is 6.07 Å². The van der Waals surface area contributed by atoms with E-state index in [0.717, 1.165) is 11.3 Å². The van der Waals surface area contributed by atoms with Crippen LogP contribution >= 0.6 is 22.9 Å². The number of halogens is 1. The summed E-state index contributed by atoms with van der Waals surface area (Å²) in [5.41, 5.74) is 0. The molecule has 1 N–H and O–H groups in total. The van der Waals surface area contributed by atoms with Gasteiger partial charge in [-0.25, -0.2) is 4.79 Å². The summed E-state index contributed by atoms with van der Waals surface area (Å²) in [5, 5.41) is 10.1. The lowest BCUT2D eigenvalue weighted by Crippen LogP contribution is -2.16. The first-order valence-corrected chi connectivity index (χ1v) is 4.80. The van der Waals surface area contributed by atoms with Crippen LogP contribution in [0.25, 0.3) is 0 Å². The van der Waals surface area contributed by atoms with Crippen LogP contribution in [-0.4, -0.2) is 22.6 Å². The zero-order chi connectivity index (χ0) is 10.7. The number of carbonyl (C=O) groups excluding carboxylic acids is 2. The van der Waals surface area contributed by atoms with Gasteiger partial charge in [-0.1, -0.05) is 11.6 Å². The summed E-state index contributed by atoms with van der Waals surface area (Å²) in [4.78, 5) is 32.4. The molecule has 4 nitrogen and oxygen atoms in total. The van der Waals surface area contributed by atoms with Gasteiger partial charge in [0.1, 0.15) is 0 Å². The van der Waals surface area contributed by atoms with E-state index in [-0.39, 0.29) is 9.90 Å². The fourth-order valence-corrected chi connectivity index (χ4v) is 1.90. The monoisotopic (exact) mass is 232 g/mol. The van der Waals surface area contributed by atoms with Crippen molar-refractivity contribution >= 4 is 40.5 Å². The molecular formula is C8H5ClO4S. The van der Waals surface area contributed by atoms with Gasteiger partial charge < -0.3 is 5.11 Å². The Morgan fingerprint density at radius 2 is 2.07 bits per heavy atom. The topological polar surface area (TPSA) is 71.4 Å². The van der Waals surface area contributed by atoms with Crippen molar-refractivity contribution in [2.45, 2.75) is 6.42 Å². The molecule has 0 aliphatic carbocycles. The van der Waals surface area contributed by atoms with Gasteiger partial charge >= 0.3 is 5.97 Å². The molecule has 0 aliphatic rings. The first-order chi connectivity index (χ1) is 6.52. The number of rotatable bonds is 4. The molecule has 1 aromatic rings. The van der Waals surface area contributed by atoms with Crippen LogP contribution in [0.1, 0.15) is 16.1 Å². The summed E-state index contributed by atoms with van der Waals surface area (Å²) in [6, 6.07) is 1.52. The Hall–Kier alpha value is -1.20. The Morgan fingerprint density at radius 3 is 2.50 bits per heavy atom. The predicted octanol–water partition coefficient (Wildman–Crippen LogP) is 1.63. The van der Waals surface area contributed by atoms with Crippen molar-refractivity contribution in [1.82, 2.24) is 0 Å². The maximum atomic E-state index is 11.3. The molecule has 6 heteroatoms. The average Bonchev–Trinajstić information content (AvgIpc) is 2.51. The lowest BCUT2D eigenvalue weighted by atomic mass is 10.2. The second-order valence-electron chi connectivity index (χ2n) is 2.43. The van der Waals surface area contributed by atoms with Crippen molar-refractivity contribution in [2.75, 3.05) is 0 Å². The van der Waals surface area contributed by atoms with Crippen LogP contribution in [-0.2, 0) is 9.59 Å². The Kier molecular flexibility index (Phi) is 3.38. The highest BCUT2D eigenvalue weighted by molar-refractivity contribution is 7.12. The van der Waals surface area contributed by atoms with Gasteiger partial charge in [0, 0.05) is 0 Å². The summed E-state index contributed by atoms with van der Waals surface area (Å²) in [6.45, 7) is 0. The van der Waals surface area contributed by atoms with Crippen LogP contribution in [0.4, 0.5) is 0 Å². The number of carbonyl (C=O) groups is 3. The second-order valence-corrected chi connectivity index (χ2v) is 3.75. The van der Waals surface area contributed by atoms with E-state index in [0.29, 0.717) is 0 Å². The molecule has 0 aliphatic heterocycles. The van der Waals surface area contributed by atoms with Gasteiger partial charge in [-0.05, 0) is 11.4 Å². The average molecular weight is 233 g/mol. The highest BCUT2D eigenvalue weighted by Gasteiger charge is 2.20. The van der Waals surface area contributed by atoms with Crippen molar-refractivity contribution in [3.05, 3.63) is 21.3 Å². The normalized spacial score (nSPS) is 9.79. The highest BCUT2D eigenvalue weighted by atomic mass is 35.5. The van der Waals surface area contributed by atoms with Gasteiger partial charge in [-0.3, -0.25) is 9.59 Å². The maximum absolute atomic E-state index is 11.3. The van der Waals surface area contributed by atoms with Crippen molar-refractivity contribution in [3.63, 3.8) is 0 Å². The minimum absolute atomic E-state index is 0.223. The molecule has 1 rings (SSSR count). The lowest BCUT2D eigenvalue weighted by Gasteiger charge is -1.94. The van der Waals surface area contributed by atoms with E-state index < -0.39 is 24.0 Å². The number of hydrogen-bond donors (Lipinski definition) is 1. The van der Waals surface area contributed by atoms with Crippen molar-refractivity contribution in [1.29, 1.82) is 0 Å². The van der Waals surface area contributed by atoms with Crippen LogP contribution in [0.5, 0.6) is 0 Å². The third kappa shape index (κ3) is 2.40. The Bertz CT molecular complexity index is 396. The third-order valence-electron chi connectivity index (χ3n) is 1.43. The zero-order valence-corrected chi connectivity index (χ0v) is 8.39. The molecule has 0 amide bonds. The molecule has 0 bridgehead atoms. The molecule has 74 valence electrons. The van der Waals surface area contributed by atoms with E-state index in [2.05, 4.69) is 0 Å². The molecule has 1 aromatic heterocycles. The Labute approximate surface area is 88.1 Å². The van der Waals surface area contributed by atoms with E-state index in [9.17, 15) is 14.4 Å². The Balaban J connectivity index is 2.74. The van der Waals surface area contributed by atoms with Gasteiger partial charge in [0.15, 0.2) is 5.78 Å². The van der Waals surface area contributed by atoms with Gasteiger partial charge in [0.25, 0.3) is 0 Å².